The number of carbonyl (C=O) groups excluding carboxylic acids is 1. The molecule has 0 bridgehead atoms. The van der Waals surface area contributed by atoms with Crippen LogP contribution >= 0.6 is 23.4 Å². The van der Waals surface area contributed by atoms with Crippen molar-refractivity contribution in [1.82, 2.24) is 9.88 Å². The molecule has 17 heavy (non-hydrogen) atoms. The first-order chi connectivity index (χ1) is 7.97. The van der Waals surface area contributed by atoms with Gasteiger partial charge in [0.2, 0.25) is 0 Å². The molecule has 1 amide bonds. The third-order valence-corrected chi connectivity index (χ3v) is 3.74. The molecule has 0 saturated heterocycles. The molecule has 0 aromatic carbocycles. The monoisotopic (exact) mass is 272 g/mol. The second kappa shape index (κ2) is 6.26. The van der Waals surface area contributed by atoms with E-state index in [1.807, 2.05) is 20.1 Å². The summed E-state index contributed by atoms with van der Waals surface area (Å²) in [6.07, 6.45) is 3.57. The highest BCUT2D eigenvalue weighted by molar-refractivity contribution is 7.98. The summed E-state index contributed by atoms with van der Waals surface area (Å²) in [6.45, 7) is 3.87. The summed E-state index contributed by atoms with van der Waals surface area (Å²) in [7, 11) is 1.79. The highest BCUT2D eigenvalue weighted by atomic mass is 35.5. The van der Waals surface area contributed by atoms with Gasteiger partial charge < -0.3 is 4.90 Å². The zero-order valence-electron chi connectivity index (χ0n) is 10.5. The van der Waals surface area contributed by atoms with Crippen molar-refractivity contribution in [1.29, 1.82) is 0 Å². The van der Waals surface area contributed by atoms with Gasteiger partial charge in [0.25, 0.3) is 5.91 Å². The molecule has 5 heteroatoms. The predicted molar refractivity (Wildman–Crippen MR) is 73.9 cm³/mol. The lowest BCUT2D eigenvalue weighted by atomic mass is 10.2. The lowest BCUT2D eigenvalue weighted by Gasteiger charge is -2.24. The minimum absolute atomic E-state index is 0.0796. The van der Waals surface area contributed by atoms with Gasteiger partial charge in [-0.15, -0.1) is 0 Å². The third kappa shape index (κ3) is 3.61. The van der Waals surface area contributed by atoms with Crippen LogP contribution in [0, 0.1) is 6.92 Å². The Labute approximate surface area is 112 Å². The molecule has 1 heterocycles. The normalized spacial score (nSPS) is 12.3. The molecule has 1 atom stereocenters. The lowest BCUT2D eigenvalue weighted by Crippen LogP contribution is -2.36. The Bertz CT molecular complexity index is 411. The molecule has 0 aliphatic carbocycles. The summed E-state index contributed by atoms with van der Waals surface area (Å²) < 4.78 is 0. The summed E-state index contributed by atoms with van der Waals surface area (Å²) in [5, 5.41) is 0.464. The van der Waals surface area contributed by atoms with E-state index in [1.54, 1.807) is 36.0 Å². The molecule has 1 aromatic rings. The summed E-state index contributed by atoms with van der Waals surface area (Å²) >= 11 is 7.77. The van der Waals surface area contributed by atoms with E-state index in [9.17, 15) is 4.79 Å². The highest BCUT2D eigenvalue weighted by Gasteiger charge is 2.19. The van der Waals surface area contributed by atoms with Crippen molar-refractivity contribution in [3.05, 3.63) is 28.5 Å². The van der Waals surface area contributed by atoms with E-state index < -0.39 is 0 Å². The van der Waals surface area contributed by atoms with E-state index in [-0.39, 0.29) is 11.9 Å². The van der Waals surface area contributed by atoms with Crippen molar-refractivity contribution < 1.29 is 4.79 Å². The van der Waals surface area contributed by atoms with Crippen molar-refractivity contribution in [2.24, 2.45) is 0 Å². The SMILES string of the molecule is CSCC(C)N(C)C(=O)c1cnc(C)cc1Cl. The van der Waals surface area contributed by atoms with Crippen LogP contribution in [-0.4, -0.2) is 40.9 Å². The minimum atomic E-state index is -0.0796. The number of hydrogen-bond acceptors (Lipinski definition) is 3. The van der Waals surface area contributed by atoms with Crippen molar-refractivity contribution in [2.45, 2.75) is 19.9 Å². The molecular weight excluding hydrogens is 256 g/mol. The van der Waals surface area contributed by atoms with Crippen LogP contribution in [0.25, 0.3) is 0 Å². The molecule has 0 aliphatic rings. The van der Waals surface area contributed by atoms with E-state index in [0.717, 1.165) is 11.4 Å². The van der Waals surface area contributed by atoms with Crippen LogP contribution in [0.15, 0.2) is 12.3 Å². The first-order valence-corrected chi connectivity index (χ1v) is 7.12. The molecule has 0 radical (unpaired) electrons. The zero-order chi connectivity index (χ0) is 13.0. The highest BCUT2D eigenvalue weighted by Crippen LogP contribution is 2.18. The molecule has 1 unspecified atom stereocenters. The maximum Gasteiger partial charge on any atom is 0.256 e. The number of pyridine rings is 1. The average Bonchev–Trinajstić information content (AvgIpc) is 2.27. The number of aryl methyl sites for hydroxylation is 1. The Morgan fingerprint density at radius 2 is 2.29 bits per heavy atom. The molecule has 0 spiro atoms. The maximum absolute atomic E-state index is 12.2. The topological polar surface area (TPSA) is 33.2 Å². The van der Waals surface area contributed by atoms with Crippen LogP contribution in [0.3, 0.4) is 0 Å². The summed E-state index contributed by atoms with van der Waals surface area (Å²) in [6, 6.07) is 1.89. The zero-order valence-corrected chi connectivity index (χ0v) is 12.1. The Morgan fingerprint density at radius 1 is 1.65 bits per heavy atom. The summed E-state index contributed by atoms with van der Waals surface area (Å²) in [4.78, 5) is 18.0. The van der Waals surface area contributed by atoms with E-state index in [1.165, 1.54) is 0 Å². The van der Waals surface area contributed by atoms with Gasteiger partial charge in [-0.05, 0) is 26.2 Å². The van der Waals surface area contributed by atoms with Crippen molar-refractivity contribution in [3.8, 4) is 0 Å². The summed E-state index contributed by atoms with van der Waals surface area (Å²) in [5.41, 5.74) is 1.28. The van der Waals surface area contributed by atoms with Gasteiger partial charge in [-0.1, -0.05) is 11.6 Å². The van der Waals surface area contributed by atoms with Gasteiger partial charge in [-0.3, -0.25) is 9.78 Å². The second-order valence-corrected chi connectivity index (χ2v) is 5.34. The molecule has 0 saturated carbocycles. The lowest BCUT2D eigenvalue weighted by molar-refractivity contribution is 0.0757. The number of aromatic nitrogens is 1. The fraction of sp³-hybridized carbons (Fsp3) is 0.500. The van der Waals surface area contributed by atoms with Crippen molar-refractivity contribution >= 4 is 29.3 Å². The van der Waals surface area contributed by atoms with E-state index >= 15 is 0 Å². The first-order valence-electron chi connectivity index (χ1n) is 5.35. The van der Waals surface area contributed by atoms with Crippen molar-refractivity contribution in [3.63, 3.8) is 0 Å². The van der Waals surface area contributed by atoms with Crippen LogP contribution in [0.5, 0.6) is 0 Å². The van der Waals surface area contributed by atoms with E-state index in [2.05, 4.69) is 4.98 Å². The minimum Gasteiger partial charge on any atom is -0.338 e. The van der Waals surface area contributed by atoms with Gasteiger partial charge in [-0.2, -0.15) is 11.8 Å². The Balaban J connectivity index is 2.88. The third-order valence-electron chi connectivity index (χ3n) is 2.61. The van der Waals surface area contributed by atoms with Crippen LogP contribution in [0.4, 0.5) is 0 Å². The number of thioether (sulfide) groups is 1. The fourth-order valence-corrected chi connectivity index (χ4v) is 2.42. The van der Waals surface area contributed by atoms with Crippen LogP contribution in [0.2, 0.25) is 5.02 Å². The maximum atomic E-state index is 12.2. The quantitative estimate of drug-likeness (QED) is 0.845. The molecule has 0 aliphatic heterocycles. The Morgan fingerprint density at radius 3 is 2.82 bits per heavy atom. The van der Waals surface area contributed by atoms with Gasteiger partial charge in [0.1, 0.15) is 0 Å². The standard InChI is InChI=1S/C12H17ClN2OS/c1-8-5-11(13)10(6-14-8)12(16)15(3)9(2)7-17-4/h5-6,9H,7H2,1-4H3. The van der Waals surface area contributed by atoms with Crippen LogP contribution in [0.1, 0.15) is 23.0 Å². The molecule has 1 rings (SSSR count). The molecule has 1 aromatic heterocycles. The second-order valence-electron chi connectivity index (χ2n) is 4.03. The Hall–Kier alpha value is -0.740. The average molecular weight is 273 g/mol. The van der Waals surface area contributed by atoms with Crippen molar-refractivity contribution in [2.75, 3.05) is 19.1 Å². The number of hydrogen-bond donors (Lipinski definition) is 0. The first kappa shape index (κ1) is 14.3. The Kier molecular flexibility index (Phi) is 5.28. The van der Waals surface area contributed by atoms with Gasteiger partial charge in [-0.25, -0.2) is 0 Å². The largest absolute Gasteiger partial charge is 0.338 e. The van der Waals surface area contributed by atoms with Gasteiger partial charge in [0, 0.05) is 30.7 Å². The molecule has 0 fully saturated rings. The molecule has 3 nitrogen and oxygen atoms in total. The number of nitrogens with zero attached hydrogens (tertiary/aromatic N) is 2. The van der Waals surface area contributed by atoms with Crippen LogP contribution in [-0.2, 0) is 0 Å². The van der Waals surface area contributed by atoms with Gasteiger partial charge in [0.15, 0.2) is 0 Å². The van der Waals surface area contributed by atoms with E-state index in [4.69, 9.17) is 11.6 Å². The number of halogens is 1. The number of amides is 1. The summed E-state index contributed by atoms with van der Waals surface area (Å²) in [5.74, 6) is 0.822. The van der Waals surface area contributed by atoms with Crippen LogP contribution < -0.4 is 0 Å². The molecular formula is C12H17ClN2OS. The molecule has 0 N–H and O–H groups in total. The van der Waals surface area contributed by atoms with Gasteiger partial charge >= 0.3 is 0 Å². The smallest absolute Gasteiger partial charge is 0.256 e. The van der Waals surface area contributed by atoms with Gasteiger partial charge in [0.05, 0.1) is 10.6 Å². The predicted octanol–water partition coefficient (Wildman–Crippen LogP) is 2.87. The fourth-order valence-electron chi connectivity index (χ4n) is 1.43. The van der Waals surface area contributed by atoms with E-state index in [0.29, 0.717) is 10.6 Å². The molecule has 94 valence electrons. The number of rotatable bonds is 4. The number of carbonyl (C=O) groups is 1.